The molecule has 2 heterocycles. The summed E-state index contributed by atoms with van der Waals surface area (Å²) in [5.74, 6) is -0.532. The Hall–Kier alpha value is -3.65. The van der Waals surface area contributed by atoms with Gasteiger partial charge in [-0.25, -0.2) is 4.79 Å². The molecule has 0 spiro atoms. The number of aromatic carboxylic acids is 1. The van der Waals surface area contributed by atoms with Gasteiger partial charge in [0, 0.05) is 18.7 Å². The molecule has 8 heteroatoms. The topological polar surface area (TPSA) is 122 Å². The van der Waals surface area contributed by atoms with Gasteiger partial charge >= 0.3 is 5.97 Å². The van der Waals surface area contributed by atoms with E-state index in [0.717, 1.165) is 5.56 Å². The summed E-state index contributed by atoms with van der Waals surface area (Å²) in [6.45, 7) is 4.89. The van der Waals surface area contributed by atoms with Gasteiger partial charge in [-0.2, -0.15) is 0 Å². The molecule has 1 aliphatic rings. The number of aryl methyl sites for hydroxylation is 1. The van der Waals surface area contributed by atoms with Crippen LogP contribution >= 0.6 is 0 Å². The van der Waals surface area contributed by atoms with Crippen molar-refractivity contribution in [3.05, 3.63) is 65.2 Å². The van der Waals surface area contributed by atoms with E-state index >= 15 is 0 Å². The lowest BCUT2D eigenvalue weighted by Gasteiger charge is -2.38. The number of carboxylic acids is 1. The highest BCUT2D eigenvalue weighted by Gasteiger charge is 2.29. The summed E-state index contributed by atoms with van der Waals surface area (Å²) >= 11 is 0. The molecule has 1 fully saturated rings. The third-order valence-corrected chi connectivity index (χ3v) is 5.43. The lowest BCUT2D eigenvalue weighted by atomic mass is 10.00. The van der Waals surface area contributed by atoms with Gasteiger partial charge in [0.2, 0.25) is 0 Å². The van der Waals surface area contributed by atoms with Gasteiger partial charge < -0.3 is 25.6 Å². The van der Waals surface area contributed by atoms with Crippen molar-refractivity contribution in [3.8, 4) is 17.0 Å². The van der Waals surface area contributed by atoms with Gasteiger partial charge in [-0.05, 0) is 49.2 Å². The van der Waals surface area contributed by atoms with Gasteiger partial charge in [0.1, 0.15) is 11.9 Å². The van der Waals surface area contributed by atoms with Crippen LogP contribution in [0.15, 0.2) is 48.5 Å². The Morgan fingerprint density at radius 1 is 1.16 bits per heavy atom. The Balaban J connectivity index is 1.66. The largest absolute Gasteiger partial charge is 0.507 e. The number of anilines is 2. The second-order valence-corrected chi connectivity index (χ2v) is 7.74. The predicted octanol–water partition coefficient (Wildman–Crippen LogP) is 3.40. The Morgan fingerprint density at radius 3 is 2.65 bits per heavy atom. The van der Waals surface area contributed by atoms with Crippen molar-refractivity contribution in [1.82, 2.24) is 10.2 Å². The number of phenolic OH excluding ortho intramolecular Hbond substituents is 1. The lowest BCUT2D eigenvalue weighted by Crippen LogP contribution is -2.43. The quantitative estimate of drug-likeness (QED) is 0.587. The van der Waals surface area contributed by atoms with Crippen molar-refractivity contribution in [2.45, 2.75) is 26.1 Å². The fraction of sp³-hybridized carbons (Fsp3) is 0.261. The van der Waals surface area contributed by atoms with Gasteiger partial charge in [0.25, 0.3) is 0 Å². The molecule has 4 N–H and O–H groups in total. The third kappa shape index (κ3) is 4.15. The Bertz CT molecular complexity index is 1130. The van der Waals surface area contributed by atoms with E-state index in [2.05, 4.69) is 15.1 Å². The molecular formula is C23H24N4O4. The number of phenols is 1. The maximum absolute atomic E-state index is 11.3. The van der Waals surface area contributed by atoms with Gasteiger partial charge in [-0.1, -0.05) is 24.3 Å². The summed E-state index contributed by atoms with van der Waals surface area (Å²) in [6.07, 6.45) is -0.342. The number of para-hydroxylation sites is 1. The van der Waals surface area contributed by atoms with Gasteiger partial charge in [-0.3, -0.25) is 0 Å². The molecule has 8 nitrogen and oxygen atoms in total. The van der Waals surface area contributed by atoms with Gasteiger partial charge in [0.15, 0.2) is 5.82 Å². The zero-order valence-electron chi connectivity index (χ0n) is 17.3. The Kier molecular flexibility index (Phi) is 5.48. The lowest BCUT2D eigenvalue weighted by molar-refractivity contribution is -0.0173. The summed E-state index contributed by atoms with van der Waals surface area (Å²) in [5.41, 5.74) is 9.85. The number of morpholine rings is 1. The normalized spacial score (nSPS) is 18.7. The number of hydrogen-bond donors (Lipinski definition) is 3. The van der Waals surface area contributed by atoms with E-state index in [9.17, 15) is 15.0 Å². The smallest absolute Gasteiger partial charge is 0.335 e. The van der Waals surface area contributed by atoms with E-state index in [0.29, 0.717) is 41.4 Å². The molecule has 0 radical (unpaired) electrons. The predicted molar refractivity (Wildman–Crippen MR) is 117 cm³/mol. The standard InChI is InChI=1S/C23H24N4O4/c1-13-9-15(7-8-16(13)23(29)30)21-12-27(11-14(2)31-21)19-10-18(25-26-22(19)24)17-5-3-4-6-20(17)28/h3-10,14,21,28H,11-12H2,1-2H3,(H2,24,26)(H,29,30)/t14-,21-/m0/s1. The number of aromatic nitrogens is 2. The van der Waals surface area contributed by atoms with Crippen LogP contribution in [0.1, 0.15) is 34.5 Å². The zero-order chi connectivity index (χ0) is 22.1. The summed E-state index contributed by atoms with van der Waals surface area (Å²) in [4.78, 5) is 13.4. The number of nitrogens with zero attached hydrogens (tertiary/aromatic N) is 3. The number of nitrogens with two attached hydrogens (primary N) is 1. The number of carbonyl (C=O) groups is 1. The van der Waals surface area contributed by atoms with Gasteiger partial charge in [0.05, 0.1) is 23.0 Å². The first kappa shape index (κ1) is 20.6. The van der Waals surface area contributed by atoms with E-state index in [1.54, 1.807) is 37.3 Å². The average Bonchev–Trinajstić information content (AvgIpc) is 2.74. The summed E-state index contributed by atoms with van der Waals surface area (Å²) in [7, 11) is 0. The number of hydrogen-bond acceptors (Lipinski definition) is 7. The van der Waals surface area contributed by atoms with E-state index in [4.69, 9.17) is 10.5 Å². The zero-order valence-corrected chi connectivity index (χ0v) is 17.3. The number of benzene rings is 2. The van der Waals surface area contributed by atoms with Gasteiger partial charge in [-0.15, -0.1) is 10.2 Å². The average molecular weight is 420 g/mol. The molecule has 3 aromatic rings. The molecule has 0 aliphatic carbocycles. The summed E-state index contributed by atoms with van der Waals surface area (Å²) < 4.78 is 6.15. The van der Waals surface area contributed by atoms with Crippen molar-refractivity contribution >= 4 is 17.5 Å². The van der Waals surface area contributed by atoms with Crippen LogP contribution in [0.2, 0.25) is 0 Å². The fourth-order valence-corrected chi connectivity index (χ4v) is 3.93. The number of aromatic hydroxyl groups is 1. The summed E-state index contributed by atoms with van der Waals surface area (Å²) in [6, 6.07) is 14.0. The first-order valence-corrected chi connectivity index (χ1v) is 9.99. The number of nitrogen functional groups attached to an aromatic ring is 1. The molecule has 0 amide bonds. The third-order valence-electron chi connectivity index (χ3n) is 5.43. The summed E-state index contributed by atoms with van der Waals surface area (Å²) in [5, 5.41) is 27.7. The van der Waals surface area contributed by atoms with Crippen molar-refractivity contribution < 1.29 is 19.7 Å². The first-order chi connectivity index (χ1) is 14.8. The van der Waals surface area contributed by atoms with Crippen molar-refractivity contribution in [2.75, 3.05) is 23.7 Å². The van der Waals surface area contributed by atoms with Crippen molar-refractivity contribution in [1.29, 1.82) is 0 Å². The van der Waals surface area contributed by atoms with Crippen LogP contribution in [0.25, 0.3) is 11.3 Å². The van der Waals surface area contributed by atoms with E-state index in [1.807, 2.05) is 25.1 Å². The molecule has 160 valence electrons. The highest BCUT2D eigenvalue weighted by atomic mass is 16.5. The second kappa shape index (κ2) is 8.23. The molecular weight excluding hydrogens is 396 g/mol. The Morgan fingerprint density at radius 2 is 1.94 bits per heavy atom. The first-order valence-electron chi connectivity index (χ1n) is 9.99. The molecule has 31 heavy (non-hydrogen) atoms. The molecule has 0 bridgehead atoms. The van der Waals surface area contributed by atoms with Crippen LogP contribution in [0.4, 0.5) is 11.5 Å². The number of carboxylic acid groups (broad SMARTS) is 1. The second-order valence-electron chi connectivity index (χ2n) is 7.74. The minimum Gasteiger partial charge on any atom is -0.507 e. The molecule has 4 rings (SSSR count). The van der Waals surface area contributed by atoms with Crippen molar-refractivity contribution in [2.24, 2.45) is 0 Å². The minimum absolute atomic E-state index is 0.0839. The van der Waals surface area contributed by atoms with E-state index in [1.165, 1.54) is 0 Å². The molecule has 1 saturated heterocycles. The molecule has 2 atom stereocenters. The maximum Gasteiger partial charge on any atom is 0.335 e. The van der Waals surface area contributed by atoms with E-state index < -0.39 is 5.97 Å². The SMILES string of the molecule is Cc1cc([C@@H]2CN(c3cc(-c4ccccc4O)nnc3N)C[C@H](C)O2)ccc1C(=O)O. The minimum atomic E-state index is -0.948. The Labute approximate surface area is 179 Å². The molecule has 0 unspecified atom stereocenters. The van der Waals surface area contributed by atoms with E-state index in [-0.39, 0.29) is 23.5 Å². The number of ether oxygens (including phenoxy) is 1. The van der Waals surface area contributed by atoms with Crippen molar-refractivity contribution in [3.63, 3.8) is 0 Å². The molecule has 2 aromatic carbocycles. The highest BCUT2D eigenvalue weighted by molar-refractivity contribution is 5.89. The molecule has 1 aliphatic heterocycles. The van der Waals surface area contributed by atoms with Crippen LogP contribution < -0.4 is 10.6 Å². The molecule has 1 aromatic heterocycles. The maximum atomic E-state index is 11.3. The van der Waals surface area contributed by atoms with Crippen LogP contribution in [0.3, 0.4) is 0 Å². The van der Waals surface area contributed by atoms with Crippen LogP contribution in [0, 0.1) is 6.92 Å². The number of rotatable bonds is 4. The van der Waals surface area contributed by atoms with Crippen LogP contribution in [-0.4, -0.2) is 45.6 Å². The highest BCUT2D eigenvalue weighted by Crippen LogP contribution is 2.35. The fourth-order valence-electron chi connectivity index (χ4n) is 3.93. The molecule has 0 saturated carbocycles. The monoisotopic (exact) mass is 420 g/mol. The van der Waals surface area contributed by atoms with Crippen LogP contribution in [0.5, 0.6) is 5.75 Å². The van der Waals surface area contributed by atoms with Crippen LogP contribution in [-0.2, 0) is 4.74 Å².